The van der Waals surface area contributed by atoms with Gasteiger partial charge < -0.3 is 37.2 Å². The first-order valence-corrected chi connectivity index (χ1v) is 20.5. The number of nitrogens with zero attached hydrogens (tertiary/aromatic N) is 6. The number of allylic oxidation sites excluding steroid dienone is 4. The van der Waals surface area contributed by atoms with E-state index in [0.29, 0.717) is 0 Å². The Morgan fingerprint density at radius 1 is 0.434 bits per heavy atom. The van der Waals surface area contributed by atoms with Crippen LogP contribution >= 0.6 is 0 Å². The van der Waals surface area contributed by atoms with E-state index >= 15 is 0 Å². The van der Waals surface area contributed by atoms with Crippen molar-refractivity contribution in [1.29, 1.82) is 0 Å². The van der Waals surface area contributed by atoms with Crippen LogP contribution in [0.5, 0.6) is 0 Å². The number of hydrogen-bond acceptors (Lipinski definition) is 6. The predicted octanol–water partition coefficient (Wildman–Crippen LogP) is -2.58. The molecule has 0 aromatic heterocycles. The number of aryl methyl sites for hydroxylation is 3. The van der Waals surface area contributed by atoms with Crippen molar-refractivity contribution in [2.45, 2.75) is 53.5 Å². The van der Waals surface area contributed by atoms with Crippen LogP contribution < -0.4 is 82.2 Å². The van der Waals surface area contributed by atoms with Crippen molar-refractivity contribution < 1.29 is 57.7 Å². The second-order valence-electron chi connectivity index (χ2n) is 15.9. The molecule has 53 heavy (non-hydrogen) atoms. The molecule has 3 aromatic rings. The first-order valence-electron chi connectivity index (χ1n) is 17.7. The molecule has 0 saturated heterocycles. The molecule has 1 aliphatic rings. The van der Waals surface area contributed by atoms with E-state index in [1.807, 2.05) is 0 Å². The Bertz CT molecular complexity index is 1690. The SMILES string of the molecule is CC1=C(C)C(C)([Si](c2c(N(C)C)ccc(C)c2N(C)C)(c2c(N(C)C)ccc(C)c2N(C)C)c2c(N(C)C)ccc(C)c2N(C)C)[C]([Ti+3])=C1C.[Cl-].[Cl-].[Cl-]. The Hall–Kier alpha value is -2.26. The Morgan fingerprint density at radius 3 is 0.887 bits per heavy atom. The normalized spacial score (nSPS) is 15.4. The van der Waals surface area contributed by atoms with E-state index < -0.39 is 8.07 Å². The molecular weight excluding hydrogens is 771 g/mol. The van der Waals surface area contributed by atoms with Gasteiger partial charge in [-0.15, -0.1) is 0 Å². The number of halogens is 3. The van der Waals surface area contributed by atoms with Gasteiger partial charge in [0.05, 0.1) is 0 Å². The monoisotopic (exact) mass is 832 g/mol. The molecule has 1 aliphatic carbocycles. The standard InChI is InChI=1S/C42H63N6Si.3ClH.Ti/c1-27-20-23-33(43(8)9)39(36(27)46(14)15)49(42(7)26-30(4)31(5)32(42)6,40-34(44(10)11)24-21-28(2)37(40)47(16)17)41-35(45(12)13)25-22-29(3)38(41)48(18)19;;;;/h20-25H,1-19H3;3*1H;/q;;;;+3/p-3. The summed E-state index contributed by atoms with van der Waals surface area (Å²) < 4.78 is 1.47. The van der Waals surface area contributed by atoms with Crippen LogP contribution in [0, 0.1) is 20.8 Å². The summed E-state index contributed by atoms with van der Waals surface area (Å²) in [5, 5.41) is 4.04. The second kappa shape index (κ2) is 17.7. The molecule has 0 fully saturated rings. The fraction of sp³-hybridized carbons (Fsp3) is 0.476. The molecule has 1 atom stereocenters. The third-order valence-electron chi connectivity index (χ3n) is 11.5. The summed E-state index contributed by atoms with van der Waals surface area (Å²) in [6, 6.07) is 14.2. The van der Waals surface area contributed by atoms with E-state index in [9.17, 15) is 0 Å². The molecule has 0 spiro atoms. The summed E-state index contributed by atoms with van der Waals surface area (Å²) >= 11 is 2.44. The smallest absolute Gasteiger partial charge is 1.00 e. The molecule has 3 aromatic carbocycles. The molecule has 0 heterocycles. The molecule has 6 nitrogen and oxygen atoms in total. The zero-order valence-corrected chi connectivity index (χ0v) is 40.6. The van der Waals surface area contributed by atoms with Crippen LogP contribution in [0.25, 0.3) is 0 Å². The van der Waals surface area contributed by atoms with Gasteiger partial charge in [0.2, 0.25) is 0 Å². The van der Waals surface area contributed by atoms with Crippen molar-refractivity contribution in [3.05, 3.63) is 73.7 Å². The minimum absolute atomic E-state index is 0. The maximum absolute atomic E-state index is 3.43. The van der Waals surface area contributed by atoms with Gasteiger partial charge in [0.15, 0.2) is 0 Å². The van der Waals surface area contributed by atoms with Crippen molar-refractivity contribution in [2.75, 3.05) is 114 Å². The summed E-state index contributed by atoms with van der Waals surface area (Å²) in [5.41, 5.74) is 16.0. The molecular formula is C42H63Cl3N6SiTi. The molecule has 0 N–H and O–H groups in total. The zero-order valence-electron chi connectivity index (χ0n) is 35.8. The van der Waals surface area contributed by atoms with Crippen molar-refractivity contribution in [2.24, 2.45) is 0 Å². The van der Waals surface area contributed by atoms with Crippen LogP contribution in [0.1, 0.15) is 44.4 Å². The van der Waals surface area contributed by atoms with Crippen LogP contribution in [0.4, 0.5) is 34.1 Å². The van der Waals surface area contributed by atoms with Crippen molar-refractivity contribution in [1.82, 2.24) is 0 Å². The number of hydrogen-bond donors (Lipinski definition) is 0. The van der Waals surface area contributed by atoms with Crippen LogP contribution in [-0.2, 0) is 20.4 Å². The number of benzene rings is 3. The van der Waals surface area contributed by atoms with E-state index in [2.05, 4.69) is 219 Å². The third-order valence-corrected chi connectivity index (χ3v) is 19.1. The molecule has 1 unspecified atom stereocenters. The maximum Gasteiger partial charge on any atom is -1.00 e. The number of anilines is 6. The summed E-state index contributed by atoms with van der Waals surface area (Å²) in [7, 11) is 23.4. The van der Waals surface area contributed by atoms with Gasteiger partial charge in [0.25, 0.3) is 0 Å². The van der Waals surface area contributed by atoms with Gasteiger partial charge in [-0.1, -0.05) is 0 Å². The summed E-state index contributed by atoms with van der Waals surface area (Å²) in [6.07, 6.45) is 0. The Balaban J connectivity index is 0.00000468. The van der Waals surface area contributed by atoms with Crippen molar-refractivity contribution in [3.8, 4) is 0 Å². The van der Waals surface area contributed by atoms with Gasteiger partial charge in [-0.05, 0) is 0 Å². The quantitative estimate of drug-likeness (QED) is 0.164. The van der Waals surface area contributed by atoms with Gasteiger partial charge in [-0.3, -0.25) is 0 Å². The van der Waals surface area contributed by atoms with Gasteiger partial charge in [-0.25, -0.2) is 0 Å². The van der Waals surface area contributed by atoms with E-state index in [-0.39, 0.29) is 42.3 Å². The van der Waals surface area contributed by atoms with Gasteiger partial charge in [0.1, 0.15) is 0 Å². The molecule has 0 bridgehead atoms. The third kappa shape index (κ3) is 7.40. The van der Waals surface area contributed by atoms with Crippen LogP contribution in [-0.4, -0.2) is 92.6 Å². The van der Waals surface area contributed by atoms with Crippen molar-refractivity contribution >= 4 is 57.8 Å². The van der Waals surface area contributed by atoms with E-state index in [1.165, 1.54) is 87.0 Å². The average Bonchev–Trinajstić information content (AvgIpc) is 3.16. The molecule has 0 radical (unpaired) electrons. The predicted molar refractivity (Wildman–Crippen MR) is 224 cm³/mol. The van der Waals surface area contributed by atoms with Crippen molar-refractivity contribution in [3.63, 3.8) is 0 Å². The number of rotatable bonds is 10. The fourth-order valence-corrected chi connectivity index (χ4v) is 18.4. The topological polar surface area (TPSA) is 19.4 Å². The first-order chi connectivity index (χ1) is 23.1. The minimum Gasteiger partial charge on any atom is -1.00 e. The molecule has 0 saturated carbocycles. The van der Waals surface area contributed by atoms with Crippen LogP contribution in [0.15, 0.2) is 57.0 Å². The minimum atomic E-state index is -3.43. The molecule has 4 rings (SSSR count). The van der Waals surface area contributed by atoms with Crippen LogP contribution in [0.3, 0.4) is 0 Å². The Morgan fingerprint density at radius 2 is 0.698 bits per heavy atom. The Kier molecular flexibility index (Phi) is 16.3. The van der Waals surface area contributed by atoms with Gasteiger partial charge in [0, 0.05) is 0 Å². The molecule has 11 heteroatoms. The molecule has 290 valence electrons. The summed E-state index contributed by atoms with van der Waals surface area (Å²) in [6.45, 7) is 16.7. The maximum atomic E-state index is 2.62. The molecule has 0 amide bonds. The second-order valence-corrected chi connectivity index (χ2v) is 20.6. The average molecular weight is 834 g/mol. The van der Waals surface area contributed by atoms with E-state index in [4.69, 9.17) is 0 Å². The van der Waals surface area contributed by atoms with E-state index in [0.717, 1.165) is 0 Å². The largest absolute Gasteiger partial charge is 1.00 e. The molecule has 0 aliphatic heterocycles. The summed E-state index contributed by atoms with van der Waals surface area (Å²) in [4.78, 5) is 14.3. The fourth-order valence-electron chi connectivity index (χ4n) is 9.01. The van der Waals surface area contributed by atoms with Gasteiger partial charge in [-0.2, -0.15) is 0 Å². The van der Waals surface area contributed by atoms with E-state index in [1.54, 1.807) is 0 Å². The first kappa shape index (κ1) is 48.8. The summed E-state index contributed by atoms with van der Waals surface area (Å²) in [5.74, 6) is 0. The zero-order chi connectivity index (χ0) is 37.9. The van der Waals surface area contributed by atoms with Crippen LogP contribution in [0.2, 0.25) is 5.04 Å². The van der Waals surface area contributed by atoms with Gasteiger partial charge >= 0.3 is 319 Å². The Labute approximate surface area is 354 Å².